The second-order valence-electron chi connectivity index (χ2n) is 4.38. The van der Waals surface area contributed by atoms with Gasteiger partial charge in [0.05, 0.1) is 11.6 Å². The van der Waals surface area contributed by atoms with Gasteiger partial charge in [0.1, 0.15) is 5.75 Å². The Bertz CT molecular complexity index is 433. The predicted octanol–water partition coefficient (Wildman–Crippen LogP) is 2.54. The zero-order valence-electron chi connectivity index (χ0n) is 10.3. The van der Waals surface area contributed by atoms with Crippen LogP contribution in [0.2, 0.25) is 0 Å². The topological polar surface area (TPSA) is 50.4 Å². The lowest BCUT2D eigenvalue weighted by Gasteiger charge is -2.08. The Morgan fingerprint density at radius 3 is 2.89 bits per heavy atom. The van der Waals surface area contributed by atoms with Crippen LogP contribution in [0.15, 0.2) is 22.7 Å². The molecule has 1 aliphatic rings. The van der Waals surface area contributed by atoms with Gasteiger partial charge in [-0.3, -0.25) is 4.79 Å². The van der Waals surface area contributed by atoms with Gasteiger partial charge in [0.2, 0.25) is 5.91 Å². The number of amides is 1. The summed E-state index contributed by atoms with van der Waals surface area (Å²) in [7, 11) is 1.61. The Kier molecular flexibility index (Phi) is 4.60. The highest BCUT2D eigenvalue weighted by Gasteiger charge is 2.20. The summed E-state index contributed by atoms with van der Waals surface area (Å²) in [6, 6.07) is 6.14. The van der Waals surface area contributed by atoms with Crippen LogP contribution in [0.25, 0.3) is 0 Å². The first-order chi connectivity index (χ1) is 8.69. The summed E-state index contributed by atoms with van der Waals surface area (Å²) in [6.45, 7) is 0.744. The highest BCUT2D eigenvalue weighted by atomic mass is 79.9. The maximum atomic E-state index is 11.7. The molecule has 5 heteroatoms. The fourth-order valence-electron chi connectivity index (χ4n) is 1.64. The molecule has 0 unspecified atom stereocenters. The average Bonchev–Trinajstić information content (AvgIpc) is 3.13. The minimum atomic E-state index is 0.0280. The summed E-state index contributed by atoms with van der Waals surface area (Å²) in [5, 5.41) is 6.18. The Morgan fingerprint density at radius 1 is 1.50 bits per heavy atom. The van der Waals surface area contributed by atoms with Crippen LogP contribution in [0, 0.1) is 0 Å². The molecule has 0 heterocycles. The largest absolute Gasteiger partial charge is 0.496 e. The van der Waals surface area contributed by atoms with Crippen molar-refractivity contribution in [1.82, 2.24) is 5.32 Å². The molecule has 18 heavy (non-hydrogen) atoms. The second-order valence-corrected chi connectivity index (χ2v) is 5.23. The molecule has 1 saturated carbocycles. The summed E-state index contributed by atoms with van der Waals surface area (Å²) in [5.41, 5.74) is 0.777. The summed E-state index contributed by atoms with van der Waals surface area (Å²) < 4.78 is 5.97. The standard InChI is InChI=1S/C13H17BrN2O2/c1-18-12-5-4-10(8-11(12)14)16-13(17)6-7-15-9-2-3-9/h4-5,8-9,15H,2-3,6-7H2,1H3,(H,16,17). The smallest absolute Gasteiger partial charge is 0.225 e. The molecule has 4 nitrogen and oxygen atoms in total. The van der Waals surface area contributed by atoms with Gasteiger partial charge in [0, 0.05) is 24.7 Å². The maximum absolute atomic E-state index is 11.7. The number of rotatable bonds is 6. The highest BCUT2D eigenvalue weighted by Crippen LogP contribution is 2.27. The molecule has 2 N–H and O–H groups in total. The molecular formula is C13H17BrN2O2. The number of halogens is 1. The normalized spacial score (nSPS) is 14.3. The molecule has 1 aromatic carbocycles. The first kappa shape index (κ1) is 13.4. The van der Waals surface area contributed by atoms with E-state index in [2.05, 4.69) is 26.6 Å². The number of nitrogens with one attached hydrogen (secondary N) is 2. The van der Waals surface area contributed by atoms with E-state index in [0.29, 0.717) is 12.5 Å². The lowest BCUT2D eigenvalue weighted by Crippen LogP contribution is -2.23. The van der Waals surface area contributed by atoms with Crippen LogP contribution in [0.4, 0.5) is 5.69 Å². The van der Waals surface area contributed by atoms with Crippen molar-refractivity contribution in [3.05, 3.63) is 22.7 Å². The quantitative estimate of drug-likeness (QED) is 0.848. The summed E-state index contributed by atoms with van der Waals surface area (Å²) in [4.78, 5) is 11.7. The van der Waals surface area contributed by atoms with Crippen molar-refractivity contribution in [2.45, 2.75) is 25.3 Å². The predicted molar refractivity (Wildman–Crippen MR) is 75.0 cm³/mol. The SMILES string of the molecule is COc1ccc(NC(=O)CCNC2CC2)cc1Br. The third-order valence-corrected chi connectivity index (χ3v) is 3.42. The van der Waals surface area contributed by atoms with Gasteiger partial charge in [0.15, 0.2) is 0 Å². The number of carbonyl (C=O) groups is 1. The third kappa shape index (κ3) is 3.99. The lowest BCUT2D eigenvalue weighted by atomic mass is 10.3. The van der Waals surface area contributed by atoms with Gasteiger partial charge in [-0.1, -0.05) is 0 Å². The minimum absolute atomic E-state index is 0.0280. The summed E-state index contributed by atoms with van der Waals surface area (Å²) in [6.07, 6.45) is 2.99. The fraction of sp³-hybridized carbons (Fsp3) is 0.462. The second kappa shape index (κ2) is 6.20. The number of hydrogen-bond donors (Lipinski definition) is 2. The van der Waals surface area contributed by atoms with E-state index >= 15 is 0 Å². The van der Waals surface area contributed by atoms with Crippen molar-refractivity contribution in [2.24, 2.45) is 0 Å². The van der Waals surface area contributed by atoms with Gasteiger partial charge in [-0.15, -0.1) is 0 Å². The van der Waals surface area contributed by atoms with Crippen molar-refractivity contribution in [3.63, 3.8) is 0 Å². The molecule has 0 bridgehead atoms. The Morgan fingerprint density at radius 2 is 2.28 bits per heavy atom. The number of ether oxygens (including phenoxy) is 1. The number of hydrogen-bond acceptors (Lipinski definition) is 3. The fourth-order valence-corrected chi connectivity index (χ4v) is 2.19. The molecule has 1 aromatic rings. The Labute approximate surface area is 115 Å². The molecule has 0 saturated heterocycles. The monoisotopic (exact) mass is 312 g/mol. The number of carbonyl (C=O) groups excluding carboxylic acids is 1. The van der Waals surface area contributed by atoms with E-state index in [9.17, 15) is 4.79 Å². The Hall–Kier alpha value is -1.07. The van der Waals surface area contributed by atoms with Crippen LogP contribution in [0.3, 0.4) is 0 Å². The molecule has 0 aromatic heterocycles. The lowest BCUT2D eigenvalue weighted by molar-refractivity contribution is -0.116. The molecular weight excluding hydrogens is 296 g/mol. The van der Waals surface area contributed by atoms with Gasteiger partial charge in [-0.05, 0) is 47.0 Å². The molecule has 1 aliphatic carbocycles. The van der Waals surface area contributed by atoms with Crippen molar-refractivity contribution < 1.29 is 9.53 Å². The molecule has 0 radical (unpaired) electrons. The van der Waals surface area contributed by atoms with Crippen molar-refractivity contribution in [1.29, 1.82) is 0 Å². The molecule has 0 aliphatic heterocycles. The van der Waals surface area contributed by atoms with Crippen molar-refractivity contribution in [3.8, 4) is 5.75 Å². The zero-order valence-corrected chi connectivity index (χ0v) is 11.9. The molecule has 0 atom stereocenters. The van der Waals surface area contributed by atoms with Gasteiger partial charge in [0.25, 0.3) is 0 Å². The van der Waals surface area contributed by atoms with E-state index in [1.807, 2.05) is 18.2 Å². The zero-order chi connectivity index (χ0) is 13.0. The van der Waals surface area contributed by atoms with Crippen molar-refractivity contribution >= 4 is 27.5 Å². The average molecular weight is 313 g/mol. The number of benzene rings is 1. The summed E-state index contributed by atoms with van der Waals surface area (Å²) >= 11 is 3.39. The van der Waals surface area contributed by atoms with Crippen LogP contribution in [0.1, 0.15) is 19.3 Å². The molecule has 1 amide bonds. The van der Waals surface area contributed by atoms with Gasteiger partial charge in [-0.25, -0.2) is 0 Å². The highest BCUT2D eigenvalue weighted by molar-refractivity contribution is 9.10. The third-order valence-electron chi connectivity index (χ3n) is 2.80. The summed E-state index contributed by atoms with van der Waals surface area (Å²) in [5.74, 6) is 0.781. The van der Waals surface area contributed by atoms with Crippen LogP contribution in [-0.4, -0.2) is 25.6 Å². The van der Waals surface area contributed by atoms with Crippen LogP contribution in [-0.2, 0) is 4.79 Å². The van der Waals surface area contributed by atoms with E-state index in [1.165, 1.54) is 12.8 Å². The number of methoxy groups -OCH3 is 1. The van der Waals surface area contributed by atoms with Gasteiger partial charge >= 0.3 is 0 Å². The van der Waals surface area contributed by atoms with E-state index in [4.69, 9.17) is 4.74 Å². The van der Waals surface area contributed by atoms with E-state index < -0.39 is 0 Å². The van der Waals surface area contributed by atoms with Crippen LogP contribution < -0.4 is 15.4 Å². The van der Waals surface area contributed by atoms with Crippen molar-refractivity contribution in [2.75, 3.05) is 19.0 Å². The number of anilines is 1. The first-order valence-corrected chi connectivity index (χ1v) is 6.85. The van der Waals surface area contributed by atoms with E-state index in [-0.39, 0.29) is 5.91 Å². The molecule has 98 valence electrons. The molecule has 1 fully saturated rings. The maximum Gasteiger partial charge on any atom is 0.225 e. The van der Waals surface area contributed by atoms with Gasteiger partial charge in [-0.2, -0.15) is 0 Å². The van der Waals surface area contributed by atoms with Gasteiger partial charge < -0.3 is 15.4 Å². The van der Waals surface area contributed by atoms with Crippen LogP contribution in [0.5, 0.6) is 5.75 Å². The minimum Gasteiger partial charge on any atom is -0.496 e. The van der Waals surface area contributed by atoms with E-state index in [0.717, 1.165) is 22.5 Å². The van der Waals surface area contributed by atoms with E-state index in [1.54, 1.807) is 7.11 Å². The molecule has 2 rings (SSSR count). The Balaban J connectivity index is 1.80. The molecule has 0 spiro atoms. The van der Waals surface area contributed by atoms with Crippen LogP contribution >= 0.6 is 15.9 Å². The first-order valence-electron chi connectivity index (χ1n) is 6.06.